The molecule has 0 saturated heterocycles. The minimum atomic E-state index is -0.0958. The van der Waals surface area contributed by atoms with Crippen LogP contribution in [0.25, 0.3) is 0 Å². The van der Waals surface area contributed by atoms with Gasteiger partial charge in [-0.3, -0.25) is 4.79 Å². The summed E-state index contributed by atoms with van der Waals surface area (Å²) in [6.45, 7) is 5.52. The van der Waals surface area contributed by atoms with Gasteiger partial charge in [-0.15, -0.1) is 0 Å². The van der Waals surface area contributed by atoms with Gasteiger partial charge in [0.05, 0.1) is 13.2 Å². The Labute approximate surface area is 115 Å². The molecule has 2 atom stereocenters. The fraction of sp³-hybridized carbons (Fsp3) is 0.923. The number of hydrogen-bond donors (Lipinski definition) is 2. The lowest BCUT2D eigenvalue weighted by Gasteiger charge is -2.21. The van der Waals surface area contributed by atoms with Gasteiger partial charge in [0.15, 0.2) is 0 Å². The summed E-state index contributed by atoms with van der Waals surface area (Å²) >= 11 is 1.68. The van der Waals surface area contributed by atoms with Crippen LogP contribution in [0.15, 0.2) is 0 Å². The van der Waals surface area contributed by atoms with Crippen LogP contribution in [0.3, 0.4) is 0 Å². The minimum absolute atomic E-state index is 0.0958. The molecule has 2 unspecified atom stereocenters. The monoisotopic (exact) mass is 277 g/mol. The number of hydrogen-bond acceptors (Lipinski definition) is 5. The molecule has 0 aromatic heterocycles. The standard InChI is InChI=1S/C13H27NO3S/c1-4-17-13(16)8-6-5-7-9-14-11(2)12(10-15)18-3/h11-12,14-15H,4-10H2,1-3H3. The number of ether oxygens (including phenoxy) is 1. The van der Waals surface area contributed by atoms with Crippen LogP contribution in [0.1, 0.15) is 39.5 Å². The molecule has 0 radical (unpaired) electrons. The summed E-state index contributed by atoms with van der Waals surface area (Å²) < 4.78 is 4.86. The maximum absolute atomic E-state index is 11.1. The predicted molar refractivity (Wildman–Crippen MR) is 77.0 cm³/mol. The maximum Gasteiger partial charge on any atom is 0.305 e. The Bertz CT molecular complexity index is 210. The highest BCUT2D eigenvalue weighted by molar-refractivity contribution is 7.99. The number of esters is 1. The van der Waals surface area contributed by atoms with Crippen molar-refractivity contribution in [3.63, 3.8) is 0 Å². The Morgan fingerprint density at radius 3 is 2.67 bits per heavy atom. The SMILES string of the molecule is CCOC(=O)CCCCCNC(C)C(CO)SC. The van der Waals surface area contributed by atoms with E-state index in [0.717, 1.165) is 25.8 Å². The van der Waals surface area contributed by atoms with E-state index in [1.54, 1.807) is 11.8 Å². The van der Waals surface area contributed by atoms with E-state index < -0.39 is 0 Å². The Morgan fingerprint density at radius 1 is 1.39 bits per heavy atom. The number of unbranched alkanes of at least 4 members (excludes halogenated alkanes) is 2. The highest BCUT2D eigenvalue weighted by atomic mass is 32.2. The van der Waals surface area contributed by atoms with Crippen molar-refractivity contribution in [2.45, 2.75) is 50.8 Å². The maximum atomic E-state index is 11.1. The number of carbonyl (C=O) groups is 1. The van der Waals surface area contributed by atoms with E-state index in [4.69, 9.17) is 9.84 Å². The summed E-state index contributed by atoms with van der Waals surface area (Å²) in [5, 5.41) is 12.8. The molecule has 0 bridgehead atoms. The van der Waals surface area contributed by atoms with Crippen LogP contribution in [-0.2, 0) is 9.53 Å². The largest absolute Gasteiger partial charge is 0.466 e. The molecule has 0 aliphatic heterocycles. The zero-order valence-electron chi connectivity index (χ0n) is 11.8. The van der Waals surface area contributed by atoms with Crippen LogP contribution in [-0.4, -0.2) is 48.4 Å². The van der Waals surface area contributed by atoms with Crippen LogP contribution in [0, 0.1) is 0 Å². The second-order valence-corrected chi connectivity index (χ2v) is 5.39. The van der Waals surface area contributed by atoms with Gasteiger partial charge in [-0.25, -0.2) is 0 Å². The lowest BCUT2D eigenvalue weighted by molar-refractivity contribution is -0.143. The van der Waals surface area contributed by atoms with Crippen LogP contribution < -0.4 is 5.32 Å². The average molecular weight is 277 g/mol. The van der Waals surface area contributed by atoms with Crippen molar-refractivity contribution in [1.82, 2.24) is 5.32 Å². The van der Waals surface area contributed by atoms with Gasteiger partial charge in [0.25, 0.3) is 0 Å². The van der Waals surface area contributed by atoms with Crippen molar-refractivity contribution in [3.05, 3.63) is 0 Å². The Balaban J connectivity index is 3.42. The first-order valence-corrected chi connectivity index (χ1v) is 7.97. The van der Waals surface area contributed by atoms with E-state index in [9.17, 15) is 4.79 Å². The molecule has 0 amide bonds. The van der Waals surface area contributed by atoms with Crippen molar-refractivity contribution in [1.29, 1.82) is 0 Å². The number of carbonyl (C=O) groups excluding carboxylic acids is 1. The first kappa shape index (κ1) is 17.7. The zero-order chi connectivity index (χ0) is 13.8. The molecule has 2 N–H and O–H groups in total. The fourth-order valence-electron chi connectivity index (χ4n) is 1.70. The van der Waals surface area contributed by atoms with E-state index in [2.05, 4.69) is 12.2 Å². The topological polar surface area (TPSA) is 58.6 Å². The van der Waals surface area contributed by atoms with E-state index in [1.165, 1.54) is 0 Å². The highest BCUT2D eigenvalue weighted by Crippen LogP contribution is 2.10. The second-order valence-electron chi connectivity index (χ2n) is 4.32. The van der Waals surface area contributed by atoms with Crippen molar-refractivity contribution >= 4 is 17.7 Å². The van der Waals surface area contributed by atoms with Gasteiger partial charge in [0.2, 0.25) is 0 Å². The van der Waals surface area contributed by atoms with Crippen molar-refractivity contribution in [2.24, 2.45) is 0 Å². The Hall–Kier alpha value is -0.260. The van der Waals surface area contributed by atoms with E-state index >= 15 is 0 Å². The van der Waals surface area contributed by atoms with E-state index in [1.807, 2.05) is 13.2 Å². The molecular formula is C13H27NO3S. The van der Waals surface area contributed by atoms with Crippen molar-refractivity contribution < 1.29 is 14.6 Å². The lowest BCUT2D eigenvalue weighted by Crippen LogP contribution is -2.37. The van der Waals surface area contributed by atoms with Gasteiger partial charge in [0, 0.05) is 17.7 Å². The first-order chi connectivity index (χ1) is 8.65. The van der Waals surface area contributed by atoms with Gasteiger partial charge < -0.3 is 15.2 Å². The zero-order valence-corrected chi connectivity index (χ0v) is 12.6. The molecule has 0 spiro atoms. The highest BCUT2D eigenvalue weighted by Gasteiger charge is 2.13. The van der Waals surface area contributed by atoms with Crippen LogP contribution >= 0.6 is 11.8 Å². The molecule has 0 aromatic rings. The molecular weight excluding hydrogens is 250 g/mol. The number of thioether (sulfide) groups is 1. The number of rotatable bonds is 11. The molecule has 18 heavy (non-hydrogen) atoms. The molecule has 0 aliphatic rings. The summed E-state index contributed by atoms with van der Waals surface area (Å²) in [4.78, 5) is 11.1. The second kappa shape index (κ2) is 11.8. The molecule has 5 heteroatoms. The lowest BCUT2D eigenvalue weighted by atomic mass is 10.2. The smallest absolute Gasteiger partial charge is 0.305 e. The van der Waals surface area contributed by atoms with Crippen LogP contribution in [0.4, 0.5) is 0 Å². The Morgan fingerprint density at radius 2 is 2.11 bits per heavy atom. The minimum Gasteiger partial charge on any atom is -0.466 e. The Kier molecular flexibility index (Phi) is 11.6. The molecule has 0 fully saturated rings. The fourth-order valence-corrected chi connectivity index (χ4v) is 2.36. The van der Waals surface area contributed by atoms with Crippen LogP contribution in [0.2, 0.25) is 0 Å². The molecule has 0 heterocycles. The van der Waals surface area contributed by atoms with Gasteiger partial charge >= 0.3 is 5.97 Å². The van der Waals surface area contributed by atoms with Crippen molar-refractivity contribution in [3.8, 4) is 0 Å². The molecule has 0 aromatic carbocycles. The van der Waals surface area contributed by atoms with Crippen LogP contribution in [0.5, 0.6) is 0 Å². The summed E-state index contributed by atoms with van der Waals surface area (Å²) in [5.74, 6) is -0.0958. The normalized spacial score (nSPS) is 14.2. The summed E-state index contributed by atoms with van der Waals surface area (Å²) in [6, 6.07) is 0.315. The molecule has 0 saturated carbocycles. The van der Waals surface area contributed by atoms with Gasteiger partial charge in [-0.1, -0.05) is 6.42 Å². The molecule has 0 rings (SSSR count). The number of aliphatic hydroxyl groups excluding tert-OH is 1. The quantitative estimate of drug-likeness (QED) is 0.445. The van der Waals surface area contributed by atoms with Gasteiger partial charge in [-0.2, -0.15) is 11.8 Å². The number of aliphatic hydroxyl groups is 1. The molecule has 4 nitrogen and oxygen atoms in total. The molecule has 108 valence electrons. The van der Waals surface area contributed by atoms with E-state index in [-0.39, 0.29) is 17.8 Å². The summed E-state index contributed by atoms with van der Waals surface area (Å²) in [7, 11) is 0. The summed E-state index contributed by atoms with van der Waals surface area (Å²) in [6.07, 6.45) is 5.50. The van der Waals surface area contributed by atoms with Gasteiger partial charge in [-0.05, 0) is 39.5 Å². The predicted octanol–water partition coefficient (Wildman–Crippen LogP) is 1.81. The average Bonchev–Trinajstić information content (AvgIpc) is 2.35. The number of nitrogens with one attached hydrogen (secondary N) is 1. The first-order valence-electron chi connectivity index (χ1n) is 6.68. The third-order valence-electron chi connectivity index (χ3n) is 2.87. The molecule has 0 aliphatic carbocycles. The third-order valence-corrected chi connectivity index (χ3v) is 4.03. The van der Waals surface area contributed by atoms with Crippen molar-refractivity contribution in [2.75, 3.05) is 26.0 Å². The van der Waals surface area contributed by atoms with E-state index in [0.29, 0.717) is 19.1 Å². The third kappa shape index (κ3) is 8.78. The van der Waals surface area contributed by atoms with Gasteiger partial charge in [0.1, 0.15) is 0 Å². The summed E-state index contributed by atoms with van der Waals surface area (Å²) in [5.41, 5.74) is 0.